The molecule has 2 heterocycles. The van der Waals surface area contributed by atoms with Gasteiger partial charge in [0.15, 0.2) is 6.23 Å². The van der Waals surface area contributed by atoms with Crippen LogP contribution in [0, 0.1) is 0 Å². The molecule has 1 fully saturated rings. The van der Waals surface area contributed by atoms with Gasteiger partial charge >= 0.3 is 0 Å². The van der Waals surface area contributed by atoms with Gasteiger partial charge in [-0.05, 0) is 0 Å². The van der Waals surface area contributed by atoms with Gasteiger partial charge in [0.25, 0.3) is 5.91 Å². The van der Waals surface area contributed by atoms with Crippen LogP contribution in [-0.2, 0) is 4.74 Å². The van der Waals surface area contributed by atoms with Crippen molar-refractivity contribution in [3.63, 3.8) is 0 Å². The number of nitrogens with zero attached hydrogens (tertiary/aromatic N) is 3. The van der Waals surface area contributed by atoms with Gasteiger partial charge in [0.05, 0.1) is 12.7 Å². The molecule has 8 heteroatoms. The average Bonchev–Trinajstić information content (AvgIpc) is 2.82. The summed E-state index contributed by atoms with van der Waals surface area (Å²) in [6, 6.07) is 0. The van der Waals surface area contributed by atoms with Crippen molar-refractivity contribution < 1.29 is 19.7 Å². The molecule has 0 radical (unpaired) electrons. The molecule has 1 aromatic rings. The van der Waals surface area contributed by atoms with Gasteiger partial charge in [-0.2, -0.15) is 5.10 Å². The van der Waals surface area contributed by atoms with Crippen molar-refractivity contribution in [2.24, 2.45) is 5.73 Å². The molecule has 8 nitrogen and oxygen atoms in total. The van der Waals surface area contributed by atoms with Crippen molar-refractivity contribution in [3.8, 4) is 0 Å². The van der Waals surface area contributed by atoms with E-state index in [4.69, 9.17) is 15.6 Å². The van der Waals surface area contributed by atoms with E-state index in [0.717, 1.165) is 0 Å². The SMILES string of the molecule is NC(=O)c1ncnn1C1CC(O)C(CO)O1. The Morgan fingerprint density at radius 3 is 3.06 bits per heavy atom. The number of rotatable bonds is 3. The number of ether oxygens (including phenoxy) is 1. The highest BCUT2D eigenvalue weighted by Crippen LogP contribution is 2.28. The molecular formula is C8H12N4O4. The van der Waals surface area contributed by atoms with Crippen molar-refractivity contribution in [2.45, 2.75) is 24.9 Å². The lowest BCUT2D eigenvalue weighted by Crippen LogP contribution is -2.25. The molecule has 2 rings (SSSR count). The van der Waals surface area contributed by atoms with E-state index < -0.39 is 24.3 Å². The van der Waals surface area contributed by atoms with Crippen molar-refractivity contribution >= 4 is 5.91 Å². The molecule has 0 spiro atoms. The molecule has 4 N–H and O–H groups in total. The van der Waals surface area contributed by atoms with Crippen LogP contribution >= 0.6 is 0 Å². The van der Waals surface area contributed by atoms with Crippen LogP contribution in [-0.4, -0.2) is 49.7 Å². The van der Waals surface area contributed by atoms with Gasteiger partial charge < -0.3 is 20.7 Å². The minimum Gasteiger partial charge on any atom is -0.394 e. The molecule has 0 aliphatic carbocycles. The van der Waals surface area contributed by atoms with Crippen LogP contribution in [0.2, 0.25) is 0 Å². The van der Waals surface area contributed by atoms with Crippen LogP contribution in [0.4, 0.5) is 0 Å². The van der Waals surface area contributed by atoms with Crippen molar-refractivity contribution in [1.82, 2.24) is 14.8 Å². The van der Waals surface area contributed by atoms with Gasteiger partial charge in [0, 0.05) is 6.42 Å². The van der Waals surface area contributed by atoms with Gasteiger partial charge in [-0.15, -0.1) is 0 Å². The summed E-state index contributed by atoms with van der Waals surface area (Å²) in [5.41, 5.74) is 5.10. The lowest BCUT2D eigenvalue weighted by atomic mass is 10.2. The van der Waals surface area contributed by atoms with Crippen LogP contribution in [0.25, 0.3) is 0 Å². The van der Waals surface area contributed by atoms with Crippen LogP contribution < -0.4 is 5.73 Å². The van der Waals surface area contributed by atoms with E-state index in [-0.39, 0.29) is 18.9 Å². The second-order valence-electron chi connectivity index (χ2n) is 3.51. The summed E-state index contributed by atoms with van der Waals surface area (Å²) in [5.74, 6) is -0.751. The largest absolute Gasteiger partial charge is 0.394 e. The molecular weight excluding hydrogens is 216 g/mol. The maximum absolute atomic E-state index is 11.0. The second kappa shape index (κ2) is 4.16. The van der Waals surface area contributed by atoms with Crippen LogP contribution in [0.5, 0.6) is 0 Å². The van der Waals surface area contributed by atoms with Crippen molar-refractivity contribution in [3.05, 3.63) is 12.2 Å². The third kappa shape index (κ3) is 1.77. The number of carbonyl (C=O) groups is 1. The molecule has 1 aliphatic heterocycles. The fourth-order valence-corrected chi connectivity index (χ4v) is 1.67. The number of aliphatic hydroxyl groups is 2. The normalized spacial score (nSPS) is 29.5. The Kier molecular flexibility index (Phi) is 2.86. The predicted molar refractivity (Wildman–Crippen MR) is 50.2 cm³/mol. The number of aromatic nitrogens is 3. The molecule has 1 amide bonds. The number of aliphatic hydroxyl groups excluding tert-OH is 2. The Bertz CT molecular complexity index is 393. The highest BCUT2D eigenvalue weighted by Gasteiger charge is 2.36. The predicted octanol–water partition coefficient (Wildman–Crippen LogP) is -1.98. The number of primary amides is 1. The number of hydrogen-bond donors (Lipinski definition) is 3. The zero-order valence-corrected chi connectivity index (χ0v) is 8.35. The van der Waals surface area contributed by atoms with E-state index in [0.29, 0.717) is 0 Å². The Hall–Kier alpha value is -1.51. The molecule has 88 valence electrons. The van der Waals surface area contributed by atoms with E-state index in [2.05, 4.69) is 10.1 Å². The summed E-state index contributed by atoms with van der Waals surface area (Å²) in [4.78, 5) is 14.7. The summed E-state index contributed by atoms with van der Waals surface area (Å²) in [6.45, 7) is -0.293. The molecule has 1 saturated heterocycles. The van der Waals surface area contributed by atoms with E-state index in [1.807, 2.05) is 0 Å². The topological polar surface area (TPSA) is 123 Å². The monoisotopic (exact) mass is 228 g/mol. The van der Waals surface area contributed by atoms with Crippen LogP contribution in [0.1, 0.15) is 23.3 Å². The van der Waals surface area contributed by atoms with Crippen molar-refractivity contribution in [1.29, 1.82) is 0 Å². The Morgan fingerprint density at radius 2 is 2.50 bits per heavy atom. The minimum atomic E-state index is -0.792. The van der Waals surface area contributed by atoms with E-state index in [1.165, 1.54) is 11.0 Å². The molecule has 1 aliphatic rings. The first kappa shape index (κ1) is 11.0. The summed E-state index contributed by atoms with van der Waals surface area (Å²) < 4.78 is 6.52. The van der Waals surface area contributed by atoms with Gasteiger partial charge in [-0.25, -0.2) is 9.67 Å². The highest BCUT2D eigenvalue weighted by atomic mass is 16.5. The highest BCUT2D eigenvalue weighted by molar-refractivity contribution is 5.88. The number of carbonyl (C=O) groups excluding carboxylic acids is 1. The fraction of sp³-hybridized carbons (Fsp3) is 0.625. The van der Waals surface area contributed by atoms with Gasteiger partial charge in [-0.3, -0.25) is 4.79 Å². The summed E-state index contributed by atoms with van der Waals surface area (Å²) in [6.07, 6.45) is -0.677. The molecule has 1 aromatic heterocycles. The third-order valence-corrected chi connectivity index (χ3v) is 2.45. The first-order valence-electron chi connectivity index (χ1n) is 4.77. The van der Waals surface area contributed by atoms with Crippen LogP contribution in [0.15, 0.2) is 6.33 Å². The Morgan fingerprint density at radius 1 is 1.75 bits per heavy atom. The van der Waals surface area contributed by atoms with E-state index >= 15 is 0 Å². The fourth-order valence-electron chi connectivity index (χ4n) is 1.67. The molecule has 0 aromatic carbocycles. The zero-order chi connectivity index (χ0) is 11.7. The number of hydrogen-bond acceptors (Lipinski definition) is 6. The number of amides is 1. The first-order chi connectivity index (χ1) is 7.63. The summed E-state index contributed by atoms with van der Waals surface area (Å²) in [7, 11) is 0. The quantitative estimate of drug-likeness (QED) is 0.550. The van der Waals surface area contributed by atoms with Crippen LogP contribution in [0.3, 0.4) is 0 Å². The zero-order valence-electron chi connectivity index (χ0n) is 8.35. The standard InChI is InChI=1S/C8H12N4O4/c9-7(15)8-10-3-11-12(8)6-1-4(14)5(2-13)16-6/h3-6,13-14H,1-2H2,(H2,9,15). The van der Waals surface area contributed by atoms with E-state index in [1.54, 1.807) is 0 Å². The maximum Gasteiger partial charge on any atom is 0.286 e. The Balaban J connectivity index is 2.20. The van der Waals surface area contributed by atoms with Crippen molar-refractivity contribution in [2.75, 3.05) is 6.61 Å². The lowest BCUT2D eigenvalue weighted by Gasteiger charge is -2.12. The molecule has 3 atom stereocenters. The summed E-state index contributed by atoms with van der Waals surface area (Å²) >= 11 is 0. The minimum absolute atomic E-state index is 0.0317. The lowest BCUT2D eigenvalue weighted by molar-refractivity contribution is -0.0490. The third-order valence-electron chi connectivity index (χ3n) is 2.45. The van der Waals surface area contributed by atoms with E-state index in [9.17, 15) is 9.90 Å². The molecule has 0 bridgehead atoms. The molecule has 0 saturated carbocycles. The average molecular weight is 228 g/mol. The van der Waals surface area contributed by atoms with Gasteiger partial charge in [0.1, 0.15) is 12.4 Å². The number of nitrogens with two attached hydrogens (primary N) is 1. The summed E-state index contributed by atoms with van der Waals surface area (Å²) in [5, 5.41) is 22.2. The van der Waals surface area contributed by atoms with Gasteiger partial charge in [0.2, 0.25) is 5.82 Å². The maximum atomic E-state index is 11.0. The van der Waals surface area contributed by atoms with Gasteiger partial charge in [-0.1, -0.05) is 0 Å². The molecule has 3 unspecified atom stereocenters. The Labute approximate surface area is 90.6 Å². The molecule has 16 heavy (non-hydrogen) atoms. The smallest absolute Gasteiger partial charge is 0.286 e. The second-order valence-corrected chi connectivity index (χ2v) is 3.51. The first-order valence-corrected chi connectivity index (χ1v) is 4.77.